The van der Waals surface area contributed by atoms with E-state index in [9.17, 15) is 19.8 Å². The van der Waals surface area contributed by atoms with E-state index in [0.29, 0.717) is 22.4 Å². The predicted molar refractivity (Wildman–Crippen MR) is 108 cm³/mol. The number of rotatable bonds is 6. The molecule has 4 rings (SSSR count). The van der Waals surface area contributed by atoms with Crippen LogP contribution in [-0.4, -0.2) is 21.9 Å². The van der Waals surface area contributed by atoms with Crippen molar-refractivity contribution in [3.8, 4) is 0 Å². The van der Waals surface area contributed by atoms with Crippen molar-refractivity contribution in [1.82, 2.24) is 9.97 Å². The lowest BCUT2D eigenvalue weighted by Gasteiger charge is -2.16. The molecule has 0 fully saturated rings. The highest BCUT2D eigenvalue weighted by molar-refractivity contribution is 5.98. The Balaban J connectivity index is 1.80. The zero-order chi connectivity index (χ0) is 21.1. The van der Waals surface area contributed by atoms with Crippen molar-refractivity contribution >= 4 is 46.0 Å². The van der Waals surface area contributed by atoms with Crippen LogP contribution in [0.2, 0.25) is 0 Å². The number of aromatic carboxylic acids is 2. The van der Waals surface area contributed by atoms with E-state index in [1.54, 1.807) is 60.7 Å². The molecule has 0 spiro atoms. The maximum atomic E-state index is 11.4. The molecule has 148 valence electrons. The van der Waals surface area contributed by atoms with Gasteiger partial charge in [-0.25, -0.2) is 4.98 Å². The number of carboxylic acids is 2. The second kappa shape index (κ2) is 7.88. The van der Waals surface area contributed by atoms with Gasteiger partial charge in [0.2, 0.25) is 5.95 Å². The Morgan fingerprint density at radius 1 is 0.667 bits per heavy atom. The first-order valence-corrected chi connectivity index (χ1v) is 8.94. The van der Waals surface area contributed by atoms with Crippen molar-refractivity contribution in [3.63, 3.8) is 0 Å². The van der Waals surface area contributed by atoms with Crippen LogP contribution in [-0.2, 0) is 0 Å². The van der Waals surface area contributed by atoms with E-state index < -0.39 is 11.9 Å². The molecule has 2 N–H and O–H groups in total. The minimum atomic E-state index is -1.33. The van der Waals surface area contributed by atoms with Crippen LogP contribution < -0.4 is 20.8 Å². The summed E-state index contributed by atoms with van der Waals surface area (Å²) < 4.78 is 0. The summed E-state index contributed by atoms with van der Waals surface area (Å²) in [6, 6.07) is 19.7. The minimum absolute atomic E-state index is 0.0167. The molecule has 0 amide bonds. The normalized spacial score (nSPS) is 10.5. The van der Waals surface area contributed by atoms with Gasteiger partial charge in [-0.15, -0.1) is 0 Å². The third kappa shape index (κ3) is 3.74. The molecule has 0 radical (unpaired) electrons. The fourth-order valence-electron chi connectivity index (χ4n) is 3.02. The lowest BCUT2D eigenvalue weighted by atomic mass is 10.1. The SMILES string of the molecule is O=C([O-])c1ccccc1Nc1nc(Nc2ccccc2C(=O)[O-])c2ccccc2n1. The summed E-state index contributed by atoms with van der Waals surface area (Å²) in [5.74, 6) is -2.17. The van der Waals surface area contributed by atoms with E-state index in [0.717, 1.165) is 0 Å². The quantitative estimate of drug-likeness (QED) is 0.503. The zero-order valence-corrected chi connectivity index (χ0v) is 15.5. The maximum Gasteiger partial charge on any atom is 0.229 e. The van der Waals surface area contributed by atoms with E-state index in [2.05, 4.69) is 20.6 Å². The summed E-state index contributed by atoms with van der Waals surface area (Å²) in [5.41, 5.74) is 1.11. The van der Waals surface area contributed by atoms with Crippen molar-refractivity contribution in [3.05, 3.63) is 83.9 Å². The number of benzene rings is 3. The number of carboxylic acid groups (broad SMARTS) is 2. The number of nitrogens with zero attached hydrogens (tertiary/aromatic N) is 2. The molecule has 0 aliphatic heterocycles. The molecule has 4 aromatic rings. The van der Waals surface area contributed by atoms with Crippen LogP contribution in [0.3, 0.4) is 0 Å². The molecule has 0 unspecified atom stereocenters. The molecule has 8 heteroatoms. The standard InChI is InChI=1S/C22H16N4O4/c27-20(28)14-8-2-5-11-17(14)23-19-13-7-1-4-10-16(13)24-22(26-19)25-18-12-6-3-9-15(18)21(29)30/h1-12H,(H,27,28)(H,29,30)(H2,23,24,25,26)/p-2. The largest absolute Gasteiger partial charge is 0.545 e. The van der Waals surface area contributed by atoms with E-state index in [-0.39, 0.29) is 22.8 Å². The fraction of sp³-hybridized carbons (Fsp3) is 0. The van der Waals surface area contributed by atoms with Crippen LogP contribution in [0.25, 0.3) is 10.9 Å². The van der Waals surface area contributed by atoms with Gasteiger partial charge in [0, 0.05) is 27.9 Å². The first-order chi connectivity index (χ1) is 14.5. The van der Waals surface area contributed by atoms with Gasteiger partial charge in [0.05, 0.1) is 17.5 Å². The Morgan fingerprint density at radius 2 is 1.20 bits per heavy atom. The molecule has 0 atom stereocenters. The Labute approximate surface area is 170 Å². The van der Waals surface area contributed by atoms with E-state index in [4.69, 9.17) is 0 Å². The molecular weight excluding hydrogens is 384 g/mol. The minimum Gasteiger partial charge on any atom is -0.545 e. The average Bonchev–Trinajstić information content (AvgIpc) is 2.74. The Bertz CT molecular complexity index is 1270. The van der Waals surface area contributed by atoms with Gasteiger partial charge in [-0.1, -0.05) is 48.5 Å². The molecule has 3 aromatic carbocycles. The molecule has 0 saturated heterocycles. The van der Waals surface area contributed by atoms with E-state index in [1.807, 2.05) is 0 Å². The Hall–Kier alpha value is -4.46. The number of hydrogen-bond acceptors (Lipinski definition) is 8. The molecular formula is C22H14N4O4-2. The van der Waals surface area contributed by atoms with Gasteiger partial charge in [0.25, 0.3) is 0 Å². The second-order valence-electron chi connectivity index (χ2n) is 6.33. The van der Waals surface area contributed by atoms with Crippen LogP contribution in [0.15, 0.2) is 72.8 Å². The second-order valence-corrected chi connectivity index (χ2v) is 6.33. The number of nitrogens with one attached hydrogen (secondary N) is 2. The van der Waals surface area contributed by atoms with E-state index >= 15 is 0 Å². The molecule has 8 nitrogen and oxygen atoms in total. The number of hydrogen-bond donors (Lipinski definition) is 2. The molecule has 0 aliphatic carbocycles. The van der Waals surface area contributed by atoms with Crippen molar-refractivity contribution < 1.29 is 19.8 Å². The van der Waals surface area contributed by atoms with Crippen molar-refractivity contribution in [1.29, 1.82) is 0 Å². The number of para-hydroxylation sites is 3. The molecule has 0 saturated carbocycles. The van der Waals surface area contributed by atoms with Crippen molar-refractivity contribution in [2.24, 2.45) is 0 Å². The van der Waals surface area contributed by atoms with Crippen LogP contribution in [0.5, 0.6) is 0 Å². The number of aromatic nitrogens is 2. The number of carbonyl (C=O) groups excluding carboxylic acids is 2. The third-order valence-electron chi connectivity index (χ3n) is 4.40. The van der Waals surface area contributed by atoms with Crippen LogP contribution in [0.4, 0.5) is 23.1 Å². The maximum absolute atomic E-state index is 11.4. The lowest BCUT2D eigenvalue weighted by molar-refractivity contribution is -0.256. The third-order valence-corrected chi connectivity index (χ3v) is 4.40. The van der Waals surface area contributed by atoms with Crippen LogP contribution in [0.1, 0.15) is 20.7 Å². The summed E-state index contributed by atoms with van der Waals surface area (Å²) in [7, 11) is 0. The predicted octanol–water partition coefficient (Wildman–Crippen LogP) is 1.84. The van der Waals surface area contributed by atoms with Crippen molar-refractivity contribution in [2.45, 2.75) is 0 Å². The highest BCUT2D eigenvalue weighted by Crippen LogP contribution is 2.28. The van der Waals surface area contributed by atoms with Gasteiger partial charge in [-0.3, -0.25) is 0 Å². The summed E-state index contributed by atoms with van der Waals surface area (Å²) in [4.78, 5) is 31.7. The first kappa shape index (κ1) is 18.9. The Morgan fingerprint density at radius 3 is 1.83 bits per heavy atom. The molecule has 0 aliphatic rings. The summed E-state index contributed by atoms with van der Waals surface area (Å²) in [6.07, 6.45) is 0. The highest BCUT2D eigenvalue weighted by atomic mass is 16.4. The molecule has 30 heavy (non-hydrogen) atoms. The number of fused-ring (bicyclic) bond motifs is 1. The topological polar surface area (TPSA) is 130 Å². The summed E-state index contributed by atoms with van der Waals surface area (Å²) >= 11 is 0. The smallest absolute Gasteiger partial charge is 0.229 e. The average molecular weight is 398 g/mol. The molecule has 1 aromatic heterocycles. The summed E-state index contributed by atoms with van der Waals surface area (Å²) in [6.45, 7) is 0. The number of anilines is 4. The zero-order valence-electron chi connectivity index (χ0n) is 15.5. The first-order valence-electron chi connectivity index (χ1n) is 8.94. The fourth-order valence-corrected chi connectivity index (χ4v) is 3.02. The lowest BCUT2D eigenvalue weighted by Crippen LogP contribution is -2.23. The van der Waals surface area contributed by atoms with E-state index in [1.165, 1.54) is 12.1 Å². The highest BCUT2D eigenvalue weighted by Gasteiger charge is 2.12. The van der Waals surface area contributed by atoms with Gasteiger partial charge < -0.3 is 30.4 Å². The summed E-state index contributed by atoms with van der Waals surface area (Å²) in [5, 5.41) is 29.4. The monoisotopic (exact) mass is 398 g/mol. The van der Waals surface area contributed by atoms with Crippen molar-refractivity contribution in [2.75, 3.05) is 10.6 Å². The van der Waals surface area contributed by atoms with Crippen LogP contribution in [0, 0.1) is 0 Å². The van der Waals surface area contributed by atoms with Gasteiger partial charge in [-0.2, -0.15) is 4.98 Å². The Kier molecular flexibility index (Phi) is 4.96. The molecule has 0 bridgehead atoms. The van der Waals surface area contributed by atoms with Gasteiger partial charge in [-0.05, 0) is 24.3 Å². The number of carbonyl (C=O) groups is 2. The van der Waals surface area contributed by atoms with Crippen LogP contribution >= 0.6 is 0 Å². The van der Waals surface area contributed by atoms with Gasteiger partial charge in [0.15, 0.2) is 0 Å². The van der Waals surface area contributed by atoms with Gasteiger partial charge in [0.1, 0.15) is 5.82 Å². The van der Waals surface area contributed by atoms with Gasteiger partial charge >= 0.3 is 0 Å². The molecule has 1 heterocycles.